The van der Waals surface area contributed by atoms with Gasteiger partial charge in [-0.1, -0.05) is 70.5 Å². The molecule has 0 radical (unpaired) electrons. The fraction of sp³-hybridized carbons (Fsp3) is 0.0870. The second kappa shape index (κ2) is 9.74. The van der Waals surface area contributed by atoms with Gasteiger partial charge >= 0.3 is 0 Å². The lowest BCUT2D eigenvalue weighted by Gasteiger charge is -2.11. The van der Waals surface area contributed by atoms with Crippen LogP contribution in [0.1, 0.15) is 17.3 Å². The fourth-order valence-corrected chi connectivity index (χ4v) is 4.32. The van der Waals surface area contributed by atoms with E-state index in [9.17, 15) is 0 Å². The van der Waals surface area contributed by atoms with Crippen molar-refractivity contribution in [2.45, 2.75) is 17.3 Å². The molecule has 33 heavy (non-hydrogen) atoms. The Bertz CT molecular complexity index is 1370. The Hall–Kier alpha value is -3.20. The summed E-state index contributed by atoms with van der Waals surface area (Å²) in [5.41, 5.74) is 2.79. The monoisotopic (exact) mass is 494 g/mol. The summed E-state index contributed by atoms with van der Waals surface area (Å²) in [6, 6.07) is 19.2. The van der Waals surface area contributed by atoms with Crippen LogP contribution in [0.4, 0.5) is 0 Å². The van der Waals surface area contributed by atoms with Crippen LogP contribution in [0.5, 0.6) is 0 Å². The van der Waals surface area contributed by atoms with E-state index in [1.807, 2.05) is 53.1 Å². The highest BCUT2D eigenvalue weighted by Crippen LogP contribution is 2.32. The molecule has 10 heteroatoms. The lowest BCUT2D eigenvalue weighted by atomic mass is 10.1. The number of hydrogen-bond donors (Lipinski definition) is 0. The van der Waals surface area contributed by atoms with Crippen molar-refractivity contribution in [1.29, 1.82) is 0 Å². The highest BCUT2D eigenvalue weighted by Gasteiger charge is 2.18. The maximum absolute atomic E-state index is 6.29. The zero-order chi connectivity index (χ0) is 22.6. The quantitative estimate of drug-likeness (QED) is 0.260. The van der Waals surface area contributed by atoms with E-state index in [4.69, 9.17) is 27.7 Å². The lowest BCUT2D eigenvalue weighted by molar-refractivity contribution is 0.385. The molecule has 7 nitrogen and oxygen atoms in total. The summed E-state index contributed by atoms with van der Waals surface area (Å²) in [6.07, 6.45) is 4.03. The first-order chi connectivity index (χ1) is 16.2. The first-order valence-electron chi connectivity index (χ1n) is 9.97. The minimum absolute atomic E-state index is 0.442. The molecule has 0 aliphatic heterocycles. The molecule has 3 aromatic heterocycles. The number of hydrogen-bond acceptors (Lipinski definition) is 7. The molecule has 0 fully saturated rings. The Morgan fingerprint density at radius 1 is 0.909 bits per heavy atom. The Morgan fingerprint density at radius 2 is 1.73 bits per heavy atom. The topological polar surface area (TPSA) is 82.5 Å². The summed E-state index contributed by atoms with van der Waals surface area (Å²) >= 11 is 13.9. The van der Waals surface area contributed by atoms with Crippen LogP contribution < -0.4 is 0 Å². The molecule has 0 saturated carbocycles. The van der Waals surface area contributed by atoms with Gasteiger partial charge in [0.15, 0.2) is 16.8 Å². The molecule has 0 atom stereocenters. The van der Waals surface area contributed by atoms with Crippen molar-refractivity contribution in [1.82, 2.24) is 29.9 Å². The molecule has 2 aromatic carbocycles. The van der Waals surface area contributed by atoms with E-state index < -0.39 is 0 Å². The number of nitrogens with zero attached hydrogens (tertiary/aromatic N) is 6. The molecular formula is C23H16Cl2N6OS. The van der Waals surface area contributed by atoms with Gasteiger partial charge in [-0.3, -0.25) is 9.55 Å². The standard InChI is InChI=1S/C23H16Cl2N6OS/c24-18-7-6-17(13-19(18)25)31-22(16-8-10-26-11-9-16)28-29-23(31)33-14-21-27-20(30-32-21)12-15-4-2-1-3-5-15/h1-11,13H,12,14H2. The minimum Gasteiger partial charge on any atom is -0.338 e. The number of halogens is 2. The van der Waals surface area contributed by atoms with Crippen molar-refractivity contribution in [3.05, 3.63) is 100 Å². The van der Waals surface area contributed by atoms with Crippen molar-refractivity contribution in [2.24, 2.45) is 0 Å². The fourth-order valence-electron chi connectivity index (χ4n) is 3.23. The first kappa shape index (κ1) is 21.6. The highest BCUT2D eigenvalue weighted by molar-refractivity contribution is 7.98. The molecule has 0 spiro atoms. The van der Waals surface area contributed by atoms with Crippen molar-refractivity contribution < 1.29 is 4.52 Å². The van der Waals surface area contributed by atoms with Crippen LogP contribution in [0.15, 0.2) is 82.7 Å². The van der Waals surface area contributed by atoms with Gasteiger partial charge in [-0.25, -0.2) is 0 Å². The summed E-state index contributed by atoms with van der Waals surface area (Å²) in [5, 5.41) is 14.5. The van der Waals surface area contributed by atoms with E-state index in [0.29, 0.717) is 44.9 Å². The Balaban J connectivity index is 1.41. The third-order valence-corrected chi connectivity index (χ3v) is 6.43. The molecule has 0 bridgehead atoms. The maximum atomic E-state index is 6.29. The Kier molecular flexibility index (Phi) is 6.39. The number of thioether (sulfide) groups is 1. The minimum atomic E-state index is 0.442. The molecule has 0 N–H and O–H groups in total. The van der Waals surface area contributed by atoms with Crippen LogP contribution in [0.25, 0.3) is 17.1 Å². The summed E-state index contributed by atoms with van der Waals surface area (Å²) in [5.74, 6) is 2.26. The Labute approximate surface area is 203 Å². The van der Waals surface area contributed by atoms with Crippen LogP contribution in [0.2, 0.25) is 10.0 Å². The van der Waals surface area contributed by atoms with Gasteiger partial charge in [0.2, 0.25) is 5.89 Å². The molecule has 0 amide bonds. The molecule has 5 aromatic rings. The summed E-state index contributed by atoms with van der Waals surface area (Å²) in [6.45, 7) is 0. The smallest absolute Gasteiger partial charge is 0.237 e. The van der Waals surface area contributed by atoms with Gasteiger partial charge in [-0.2, -0.15) is 4.98 Å². The summed E-state index contributed by atoms with van der Waals surface area (Å²) in [7, 11) is 0. The second-order valence-electron chi connectivity index (χ2n) is 7.03. The molecule has 0 aliphatic carbocycles. The zero-order valence-corrected chi connectivity index (χ0v) is 19.4. The number of pyridine rings is 1. The molecule has 0 unspecified atom stereocenters. The van der Waals surface area contributed by atoms with Gasteiger partial charge in [-0.05, 0) is 35.9 Å². The van der Waals surface area contributed by atoms with Gasteiger partial charge in [0.25, 0.3) is 0 Å². The van der Waals surface area contributed by atoms with Crippen molar-refractivity contribution in [2.75, 3.05) is 0 Å². The number of aromatic nitrogens is 6. The molecule has 3 heterocycles. The van der Waals surface area contributed by atoms with Crippen LogP contribution in [-0.4, -0.2) is 29.9 Å². The predicted molar refractivity (Wildman–Crippen MR) is 128 cm³/mol. The summed E-state index contributed by atoms with van der Waals surface area (Å²) in [4.78, 5) is 8.60. The third kappa shape index (κ3) is 4.93. The van der Waals surface area contributed by atoms with E-state index in [1.165, 1.54) is 11.8 Å². The summed E-state index contributed by atoms with van der Waals surface area (Å²) < 4.78 is 7.36. The third-order valence-electron chi connectivity index (χ3n) is 4.77. The normalized spacial score (nSPS) is 11.1. The number of rotatable bonds is 7. The highest BCUT2D eigenvalue weighted by atomic mass is 35.5. The predicted octanol–water partition coefficient (Wildman–Crippen LogP) is 5.90. The molecule has 5 rings (SSSR count). The molecule has 164 valence electrons. The Morgan fingerprint density at radius 3 is 2.52 bits per heavy atom. The van der Waals surface area contributed by atoms with E-state index >= 15 is 0 Å². The zero-order valence-electron chi connectivity index (χ0n) is 17.1. The van der Waals surface area contributed by atoms with E-state index in [-0.39, 0.29) is 0 Å². The van der Waals surface area contributed by atoms with Crippen LogP contribution in [0, 0.1) is 0 Å². The van der Waals surface area contributed by atoms with Gasteiger partial charge in [0, 0.05) is 24.4 Å². The average molecular weight is 495 g/mol. The second-order valence-corrected chi connectivity index (χ2v) is 8.79. The van der Waals surface area contributed by atoms with Crippen molar-refractivity contribution in [3.63, 3.8) is 0 Å². The van der Waals surface area contributed by atoms with Crippen LogP contribution in [-0.2, 0) is 12.2 Å². The maximum Gasteiger partial charge on any atom is 0.237 e. The molecular weight excluding hydrogens is 479 g/mol. The van der Waals surface area contributed by atoms with Gasteiger partial charge in [-0.15, -0.1) is 10.2 Å². The van der Waals surface area contributed by atoms with Crippen molar-refractivity contribution in [3.8, 4) is 17.1 Å². The largest absolute Gasteiger partial charge is 0.338 e. The van der Waals surface area contributed by atoms with Gasteiger partial charge < -0.3 is 4.52 Å². The van der Waals surface area contributed by atoms with E-state index in [2.05, 4.69) is 25.3 Å². The van der Waals surface area contributed by atoms with Crippen LogP contribution >= 0.6 is 35.0 Å². The lowest BCUT2D eigenvalue weighted by Crippen LogP contribution is -2.00. The van der Waals surface area contributed by atoms with E-state index in [1.54, 1.807) is 24.5 Å². The molecule has 0 saturated heterocycles. The SMILES string of the molecule is Clc1ccc(-n2c(SCc3nc(Cc4ccccc4)no3)nnc2-c2ccncc2)cc1Cl. The van der Waals surface area contributed by atoms with Crippen molar-refractivity contribution >= 4 is 35.0 Å². The molecule has 0 aliphatic rings. The first-order valence-corrected chi connectivity index (χ1v) is 11.7. The van der Waals surface area contributed by atoms with E-state index in [0.717, 1.165) is 16.8 Å². The average Bonchev–Trinajstić information content (AvgIpc) is 3.47. The van der Waals surface area contributed by atoms with Gasteiger partial charge in [0.05, 0.1) is 21.5 Å². The van der Waals surface area contributed by atoms with Gasteiger partial charge in [0.1, 0.15) is 0 Å². The number of benzene rings is 2. The van der Waals surface area contributed by atoms with Crippen LogP contribution in [0.3, 0.4) is 0 Å².